The fourth-order valence-corrected chi connectivity index (χ4v) is 4.44. The smallest absolute Gasteiger partial charge is 0.417 e. The van der Waals surface area contributed by atoms with E-state index in [2.05, 4.69) is 15.4 Å². The van der Waals surface area contributed by atoms with Crippen molar-refractivity contribution in [1.82, 2.24) is 20.1 Å². The Morgan fingerprint density at radius 2 is 2.03 bits per heavy atom. The molecule has 0 spiro atoms. The molecule has 1 aromatic carbocycles. The zero-order chi connectivity index (χ0) is 23.3. The molecule has 33 heavy (non-hydrogen) atoms. The summed E-state index contributed by atoms with van der Waals surface area (Å²) in [5.74, 6) is 0.101. The van der Waals surface area contributed by atoms with Crippen LogP contribution in [0.25, 0.3) is 11.0 Å². The fraction of sp³-hybridized carbons (Fsp3) is 0.435. The number of pyridine rings is 1. The fourth-order valence-electron chi connectivity index (χ4n) is 4.44. The van der Waals surface area contributed by atoms with E-state index < -0.39 is 24.3 Å². The lowest BCUT2D eigenvalue weighted by Crippen LogP contribution is -2.31. The van der Waals surface area contributed by atoms with Crippen molar-refractivity contribution < 1.29 is 27.4 Å². The van der Waals surface area contributed by atoms with Crippen LogP contribution in [-0.2, 0) is 24.4 Å². The van der Waals surface area contributed by atoms with Gasteiger partial charge in [0.15, 0.2) is 12.3 Å². The molecule has 7 nitrogen and oxygen atoms in total. The van der Waals surface area contributed by atoms with Crippen molar-refractivity contribution in [3.8, 4) is 11.6 Å². The number of methoxy groups -OCH3 is 1. The quantitative estimate of drug-likeness (QED) is 0.601. The van der Waals surface area contributed by atoms with Gasteiger partial charge >= 0.3 is 6.18 Å². The Balaban J connectivity index is 1.33. The highest BCUT2D eigenvalue weighted by atomic mass is 19.4. The highest BCUT2D eigenvalue weighted by Crippen LogP contribution is 2.46. The largest absolute Gasteiger partial charge is 0.497 e. The minimum Gasteiger partial charge on any atom is -0.497 e. The molecular weight excluding hydrogens is 437 g/mol. The average Bonchev–Trinajstić information content (AvgIpc) is 3.48. The maximum atomic E-state index is 13.8. The number of aromatic nitrogens is 3. The molecule has 1 saturated carbocycles. The average molecular weight is 460 g/mol. The molecule has 1 fully saturated rings. The number of carbonyl (C=O) groups is 1. The molecule has 0 aliphatic heterocycles. The summed E-state index contributed by atoms with van der Waals surface area (Å²) in [6, 6.07) is 6.38. The first-order valence-electron chi connectivity index (χ1n) is 10.8. The van der Waals surface area contributed by atoms with E-state index >= 15 is 0 Å². The van der Waals surface area contributed by atoms with Crippen LogP contribution in [-0.4, -0.2) is 34.4 Å². The maximum Gasteiger partial charge on any atom is 0.417 e. The van der Waals surface area contributed by atoms with Gasteiger partial charge in [0.2, 0.25) is 5.88 Å². The van der Waals surface area contributed by atoms with Crippen LogP contribution < -0.4 is 14.8 Å². The van der Waals surface area contributed by atoms with Crippen LogP contribution in [0.2, 0.25) is 0 Å². The number of ether oxygens (including phenoxy) is 2. The Morgan fingerprint density at radius 3 is 2.73 bits per heavy atom. The van der Waals surface area contributed by atoms with Crippen molar-refractivity contribution in [3.05, 3.63) is 46.6 Å². The lowest BCUT2D eigenvalue weighted by Gasteiger charge is -2.15. The van der Waals surface area contributed by atoms with Gasteiger partial charge in [-0.05, 0) is 48.9 Å². The number of carbonyl (C=O) groups excluding carboxylic acids is 1. The molecular formula is C23H23F3N4O3. The van der Waals surface area contributed by atoms with Gasteiger partial charge in [-0.3, -0.25) is 9.48 Å². The number of benzene rings is 1. The van der Waals surface area contributed by atoms with Crippen molar-refractivity contribution in [3.63, 3.8) is 0 Å². The number of amides is 1. The first-order chi connectivity index (χ1) is 15.7. The van der Waals surface area contributed by atoms with Crippen LogP contribution in [0, 0.1) is 0 Å². The van der Waals surface area contributed by atoms with Crippen molar-refractivity contribution >= 4 is 16.9 Å². The molecule has 1 N–H and O–H groups in total. The third-order valence-corrected chi connectivity index (χ3v) is 6.18. The monoisotopic (exact) mass is 460 g/mol. The van der Waals surface area contributed by atoms with Gasteiger partial charge in [-0.1, -0.05) is 6.07 Å². The summed E-state index contributed by atoms with van der Waals surface area (Å²) in [5, 5.41) is 7.18. The van der Waals surface area contributed by atoms with Crippen LogP contribution in [0.4, 0.5) is 13.2 Å². The number of hydrogen-bond donors (Lipinski definition) is 1. The molecule has 3 aromatic rings. The number of nitrogens with one attached hydrogen (secondary N) is 1. The summed E-state index contributed by atoms with van der Waals surface area (Å²) >= 11 is 0. The molecule has 2 aromatic heterocycles. The van der Waals surface area contributed by atoms with Crippen molar-refractivity contribution in [2.24, 2.45) is 7.05 Å². The predicted octanol–water partition coefficient (Wildman–Crippen LogP) is 4.06. The van der Waals surface area contributed by atoms with Gasteiger partial charge in [-0.2, -0.15) is 23.3 Å². The summed E-state index contributed by atoms with van der Waals surface area (Å²) < 4.78 is 53.5. The number of halogens is 3. The van der Waals surface area contributed by atoms with E-state index in [0.29, 0.717) is 5.69 Å². The van der Waals surface area contributed by atoms with Crippen LogP contribution in [0.1, 0.15) is 53.6 Å². The number of aryl methyl sites for hydroxylation is 2. The Bertz CT molecular complexity index is 1230. The molecule has 2 aliphatic carbocycles. The number of fused-ring (bicyclic) bond motifs is 2. The number of alkyl halides is 3. The lowest BCUT2D eigenvalue weighted by molar-refractivity contribution is -0.136. The second kappa shape index (κ2) is 7.93. The Hall–Kier alpha value is -3.30. The number of nitrogens with zero attached hydrogens (tertiary/aromatic N) is 3. The van der Waals surface area contributed by atoms with Gasteiger partial charge in [-0.25, -0.2) is 0 Å². The van der Waals surface area contributed by atoms with E-state index in [1.807, 2.05) is 18.2 Å². The van der Waals surface area contributed by atoms with Crippen molar-refractivity contribution in [2.45, 2.75) is 43.8 Å². The second-order valence-electron chi connectivity index (χ2n) is 8.50. The summed E-state index contributed by atoms with van der Waals surface area (Å²) in [6.45, 7) is -0.439. The molecule has 0 saturated heterocycles. The van der Waals surface area contributed by atoms with Gasteiger partial charge < -0.3 is 14.8 Å². The van der Waals surface area contributed by atoms with E-state index in [0.717, 1.165) is 48.6 Å². The molecule has 2 heterocycles. The van der Waals surface area contributed by atoms with Gasteiger partial charge in [0.05, 0.1) is 29.8 Å². The standard InChI is InChI=1S/C23H23F3N4O3/c1-30-22-20(21(29-30)12-3-4-12)16(23(24,25)26)10-19(28-22)33-11-18(31)27-17-8-5-13-9-14(32-2)6-7-15(13)17/h6-7,9-10,12,17H,3-5,8,11H2,1-2H3,(H,27,31)/t17-/m0/s1. The third-order valence-electron chi connectivity index (χ3n) is 6.18. The van der Waals surface area contributed by atoms with Gasteiger partial charge in [0.1, 0.15) is 5.75 Å². The Labute approximate surface area is 187 Å². The third kappa shape index (κ3) is 4.09. The molecule has 1 amide bonds. The van der Waals surface area contributed by atoms with E-state index in [9.17, 15) is 18.0 Å². The molecule has 0 bridgehead atoms. The first-order valence-corrected chi connectivity index (χ1v) is 10.8. The topological polar surface area (TPSA) is 78.3 Å². The van der Waals surface area contributed by atoms with Gasteiger partial charge in [0.25, 0.3) is 5.91 Å². The molecule has 0 unspecified atom stereocenters. The normalized spacial score (nSPS) is 17.8. The Morgan fingerprint density at radius 1 is 1.24 bits per heavy atom. The van der Waals surface area contributed by atoms with E-state index in [1.165, 1.54) is 4.68 Å². The SMILES string of the molecule is COc1ccc2c(c1)CC[C@@H]2NC(=O)COc1cc(C(F)(F)F)c2c(C3CC3)nn(C)c2n1. The molecule has 0 radical (unpaired) electrons. The van der Waals surface area contributed by atoms with E-state index in [-0.39, 0.29) is 28.9 Å². The zero-order valence-corrected chi connectivity index (χ0v) is 18.2. The molecule has 10 heteroatoms. The van der Waals surface area contributed by atoms with Crippen molar-refractivity contribution in [2.75, 3.05) is 13.7 Å². The summed E-state index contributed by atoms with van der Waals surface area (Å²) in [5.41, 5.74) is 1.79. The zero-order valence-electron chi connectivity index (χ0n) is 18.2. The highest BCUT2D eigenvalue weighted by molar-refractivity contribution is 5.85. The number of hydrogen-bond acceptors (Lipinski definition) is 5. The lowest BCUT2D eigenvalue weighted by atomic mass is 10.1. The van der Waals surface area contributed by atoms with Crippen LogP contribution in [0.3, 0.4) is 0 Å². The summed E-state index contributed by atoms with van der Waals surface area (Å²) in [6.07, 6.45) is -1.42. The number of rotatable bonds is 6. The van der Waals surface area contributed by atoms with Gasteiger partial charge in [-0.15, -0.1) is 0 Å². The highest BCUT2D eigenvalue weighted by Gasteiger charge is 2.39. The van der Waals surface area contributed by atoms with Crippen LogP contribution >= 0.6 is 0 Å². The molecule has 174 valence electrons. The minimum atomic E-state index is -4.59. The molecule has 2 aliphatic rings. The van der Waals surface area contributed by atoms with Crippen LogP contribution in [0.15, 0.2) is 24.3 Å². The van der Waals surface area contributed by atoms with Crippen molar-refractivity contribution in [1.29, 1.82) is 0 Å². The maximum absolute atomic E-state index is 13.8. The molecule has 1 atom stereocenters. The minimum absolute atomic E-state index is 0.0160. The predicted molar refractivity (Wildman–Crippen MR) is 113 cm³/mol. The van der Waals surface area contributed by atoms with E-state index in [4.69, 9.17) is 9.47 Å². The van der Waals surface area contributed by atoms with E-state index in [1.54, 1.807) is 14.2 Å². The van der Waals surface area contributed by atoms with Gasteiger partial charge in [0, 0.05) is 19.0 Å². The van der Waals surface area contributed by atoms with Crippen LogP contribution in [0.5, 0.6) is 11.6 Å². The first kappa shape index (κ1) is 21.5. The molecule has 5 rings (SSSR count). The second-order valence-corrected chi connectivity index (χ2v) is 8.50. The summed E-state index contributed by atoms with van der Waals surface area (Å²) in [7, 11) is 3.16. The Kier molecular flexibility index (Phi) is 5.18. The summed E-state index contributed by atoms with van der Waals surface area (Å²) in [4.78, 5) is 16.7.